The first kappa shape index (κ1) is 18.2. The van der Waals surface area contributed by atoms with Crippen LogP contribution in [-0.2, 0) is 10.0 Å². The van der Waals surface area contributed by atoms with E-state index in [2.05, 4.69) is 18.2 Å². The van der Waals surface area contributed by atoms with Crippen LogP contribution in [0.15, 0.2) is 65.6 Å². The standard InChI is InChI=1S/C21H21NO3S/c1-14-12-17(13-15(2)21(14)25-3)20-7-5-4-6-19(20)16-8-10-18(11-9-16)26(22,23)24/h4-13H,1-3H3,(H2,22,23,24). The Morgan fingerprint density at radius 2 is 1.31 bits per heavy atom. The predicted molar refractivity (Wildman–Crippen MR) is 105 cm³/mol. The molecular weight excluding hydrogens is 346 g/mol. The number of ether oxygens (including phenoxy) is 1. The Hall–Kier alpha value is -2.63. The molecular formula is C21H21NO3S. The van der Waals surface area contributed by atoms with Crippen molar-refractivity contribution >= 4 is 10.0 Å². The zero-order chi connectivity index (χ0) is 18.9. The highest BCUT2D eigenvalue weighted by molar-refractivity contribution is 7.89. The molecule has 0 aliphatic carbocycles. The largest absolute Gasteiger partial charge is 0.496 e. The molecule has 0 heterocycles. The van der Waals surface area contributed by atoms with Crippen LogP contribution in [0.2, 0.25) is 0 Å². The monoisotopic (exact) mass is 367 g/mol. The van der Waals surface area contributed by atoms with Crippen LogP contribution in [0, 0.1) is 13.8 Å². The number of methoxy groups -OCH3 is 1. The van der Waals surface area contributed by atoms with E-state index >= 15 is 0 Å². The first-order valence-electron chi connectivity index (χ1n) is 8.19. The highest BCUT2D eigenvalue weighted by Crippen LogP contribution is 2.36. The Bertz CT molecular complexity index is 1030. The molecule has 0 aromatic heterocycles. The summed E-state index contributed by atoms with van der Waals surface area (Å²) in [5, 5.41) is 5.19. The van der Waals surface area contributed by atoms with Crippen LogP contribution >= 0.6 is 0 Å². The molecule has 5 heteroatoms. The highest BCUT2D eigenvalue weighted by Gasteiger charge is 2.12. The van der Waals surface area contributed by atoms with Crippen LogP contribution in [0.25, 0.3) is 22.3 Å². The van der Waals surface area contributed by atoms with Crippen molar-refractivity contribution < 1.29 is 13.2 Å². The summed E-state index contributed by atoms with van der Waals surface area (Å²) in [6.07, 6.45) is 0. The highest BCUT2D eigenvalue weighted by atomic mass is 32.2. The van der Waals surface area contributed by atoms with E-state index < -0.39 is 10.0 Å². The molecule has 0 saturated heterocycles. The second-order valence-corrected chi connectivity index (χ2v) is 7.82. The topological polar surface area (TPSA) is 69.4 Å². The molecule has 0 spiro atoms. The third-order valence-corrected chi connectivity index (χ3v) is 5.33. The van der Waals surface area contributed by atoms with Crippen molar-refractivity contribution in [3.8, 4) is 28.0 Å². The van der Waals surface area contributed by atoms with Crippen LogP contribution in [0.1, 0.15) is 11.1 Å². The van der Waals surface area contributed by atoms with Gasteiger partial charge in [0, 0.05) is 0 Å². The predicted octanol–water partition coefficient (Wildman–Crippen LogP) is 4.29. The van der Waals surface area contributed by atoms with E-state index in [4.69, 9.17) is 9.88 Å². The molecule has 0 radical (unpaired) electrons. The number of hydrogen-bond donors (Lipinski definition) is 1. The Kier molecular flexibility index (Phi) is 4.85. The van der Waals surface area contributed by atoms with E-state index in [0.717, 1.165) is 39.1 Å². The minimum atomic E-state index is -3.70. The molecule has 0 fully saturated rings. The fourth-order valence-corrected chi connectivity index (χ4v) is 3.75. The Morgan fingerprint density at radius 3 is 1.77 bits per heavy atom. The van der Waals surface area contributed by atoms with Crippen LogP contribution < -0.4 is 9.88 Å². The molecule has 4 nitrogen and oxygen atoms in total. The number of hydrogen-bond acceptors (Lipinski definition) is 3. The summed E-state index contributed by atoms with van der Waals surface area (Å²) in [5.74, 6) is 0.892. The Labute approximate surface area is 154 Å². The van der Waals surface area contributed by atoms with E-state index in [1.54, 1.807) is 19.2 Å². The van der Waals surface area contributed by atoms with Crippen LogP contribution in [0.5, 0.6) is 5.75 Å². The van der Waals surface area contributed by atoms with Gasteiger partial charge in [-0.3, -0.25) is 0 Å². The first-order valence-corrected chi connectivity index (χ1v) is 9.74. The van der Waals surface area contributed by atoms with Crippen molar-refractivity contribution in [3.05, 3.63) is 71.8 Å². The Morgan fingerprint density at radius 1 is 0.808 bits per heavy atom. The van der Waals surface area contributed by atoms with Gasteiger partial charge in [-0.1, -0.05) is 36.4 Å². The summed E-state index contributed by atoms with van der Waals surface area (Å²) < 4.78 is 28.4. The lowest BCUT2D eigenvalue weighted by Gasteiger charge is -2.15. The minimum Gasteiger partial charge on any atom is -0.496 e. The van der Waals surface area contributed by atoms with Gasteiger partial charge in [-0.2, -0.15) is 0 Å². The van der Waals surface area contributed by atoms with Gasteiger partial charge in [0.2, 0.25) is 10.0 Å². The van der Waals surface area contributed by atoms with E-state index in [1.807, 2.05) is 32.0 Å². The van der Waals surface area contributed by atoms with Gasteiger partial charge < -0.3 is 4.74 Å². The van der Waals surface area contributed by atoms with Crippen molar-refractivity contribution in [2.24, 2.45) is 5.14 Å². The molecule has 2 N–H and O–H groups in total. The minimum absolute atomic E-state index is 0.106. The maximum atomic E-state index is 11.5. The average molecular weight is 367 g/mol. The van der Waals surface area contributed by atoms with Gasteiger partial charge in [-0.25, -0.2) is 13.6 Å². The molecule has 0 atom stereocenters. The molecule has 134 valence electrons. The number of sulfonamides is 1. The van der Waals surface area contributed by atoms with Crippen LogP contribution in [0.4, 0.5) is 0 Å². The molecule has 26 heavy (non-hydrogen) atoms. The van der Waals surface area contributed by atoms with Gasteiger partial charge in [0.15, 0.2) is 0 Å². The number of primary sulfonamides is 1. The quantitative estimate of drug-likeness (QED) is 0.748. The van der Waals surface area contributed by atoms with Gasteiger partial charge in [0.1, 0.15) is 5.75 Å². The maximum absolute atomic E-state index is 11.5. The molecule has 0 bridgehead atoms. The summed E-state index contributed by atoms with van der Waals surface area (Å²) >= 11 is 0. The molecule has 3 aromatic carbocycles. The number of nitrogens with two attached hydrogens (primary N) is 1. The van der Waals surface area contributed by atoms with Crippen molar-refractivity contribution in [1.82, 2.24) is 0 Å². The summed E-state index contributed by atoms with van der Waals surface area (Å²) in [5.41, 5.74) is 6.26. The summed E-state index contributed by atoms with van der Waals surface area (Å²) in [6, 6.07) is 18.9. The lowest BCUT2D eigenvalue weighted by atomic mass is 9.92. The van der Waals surface area contributed by atoms with Crippen molar-refractivity contribution in [2.45, 2.75) is 18.7 Å². The maximum Gasteiger partial charge on any atom is 0.238 e. The number of aryl methyl sites for hydroxylation is 2. The van der Waals surface area contributed by atoms with Gasteiger partial charge in [0.05, 0.1) is 12.0 Å². The molecule has 0 saturated carbocycles. The molecule has 0 aliphatic heterocycles. The molecule has 3 aromatic rings. The fraction of sp³-hybridized carbons (Fsp3) is 0.143. The normalized spacial score (nSPS) is 11.4. The SMILES string of the molecule is COc1c(C)cc(-c2ccccc2-c2ccc(S(N)(=O)=O)cc2)cc1C. The zero-order valence-electron chi connectivity index (χ0n) is 15.0. The summed E-state index contributed by atoms with van der Waals surface area (Å²) in [6.45, 7) is 4.05. The summed E-state index contributed by atoms with van der Waals surface area (Å²) in [7, 11) is -2.02. The van der Waals surface area contributed by atoms with E-state index in [-0.39, 0.29) is 4.90 Å². The van der Waals surface area contributed by atoms with E-state index in [0.29, 0.717) is 0 Å². The van der Waals surface area contributed by atoms with Crippen LogP contribution in [0.3, 0.4) is 0 Å². The lowest BCUT2D eigenvalue weighted by Crippen LogP contribution is -2.11. The second-order valence-electron chi connectivity index (χ2n) is 6.26. The van der Waals surface area contributed by atoms with Crippen molar-refractivity contribution in [2.75, 3.05) is 7.11 Å². The lowest BCUT2D eigenvalue weighted by molar-refractivity contribution is 0.408. The van der Waals surface area contributed by atoms with Crippen molar-refractivity contribution in [1.29, 1.82) is 0 Å². The Balaban J connectivity index is 2.13. The van der Waals surface area contributed by atoms with E-state index in [9.17, 15) is 8.42 Å². The zero-order valence-corrected chi connectivity index (χ0v) is 15.8. The molecule has 0 unspecified atom stereocenters. The van der Waals surface area contributed by atoms with Gasteiger partial charge in [-0.05, 0) is 71.5 Å². The fourth-order valence-electron chi connectivity index (χ4n) is 3.24. The van der Waals surface area contributed by atoms with Gasteiger partial charge in [-0.15, -0.1) is 0 Å². The second kappa shape index (κ2) is 6.94. The molecule has 0 amide bonds. The number of rotatable bonds is 4. The average Bonchev–Trinajstić information content (AvgIpc) is 2.61. The molecule has 0 aliphatic rings. The van der Waals surface area contributed by atoms with Crippen molar-refractivity contribution in [3.63, 3.8) is 0 Å². The number of benzene rings is 3. The van der Waals surface area contributed by atoms with E-state index in [1.165, 1.54) is 12.1 Å². The first-order chi connectivity index (χ1) is 12.3. The third kappa shape index (κ3) is 3.49. The van der Waals surface area contributed by atoms with Gasteiger partial charge >= 0.3 is 0 Å². The smallest absolute Gasteiger partial charge is 0.238 e. The molecule has 3 rings (SSSR count). The van der Waals surface area contributed by atoms with Crippen LogP contribution in [-0.4, -0.2) is 15.5 Å². The third-order valence-electron chi connectivity index (χ3n) is 4.40. The van der Waals surface area contributed by atoms with Gasteiger partial charge in [0.25, 0.3) is 0 Å². The summed E-state index contributed by atoms with van der Waals surface area (Å²) in [4.78, 5) is 0.106.